The van der Waals surface area contributed by atoms with Crippen LogP contribution in [0.15, 0.2) is 11.9 Å². The van der Waals surface area contributed by atoms with Crippen LogP contribution < -0.4 is 0 Å². The molecule has 2 aliphatic rings. The third-order valence-corrected chi connectivity index (χ3v) is 3.61. The molecule has 0 aromatic rings. The molecule has 2 rings (SSSR count). The molecule has 3 heteroatoms. The molecule has 0 bridgehead atoms. The lowest BCUT2D eigenvalue weighted by Crippen LogP contribution is -2.40. The van der Waals surface area contributed by atoms with Crippen molar-refractivity contribution >= 4 is 0 Å². The van der Waals surface area contributed by atoms with Gasteiger partial charge >= 0.3 is 0 Å². The first kappa shape index (κ1) is 14.7. The van der Waals surface area contributed by atoms with E-state index in [9.17, 15) is 4.39 Å². The summed E-state index contributed by atoms with van der Waals surface area (Å²) >= 11 is 0. The summed E-state index contributed by atoms with van der Waals surface area (Å²) in [5.41, 5.74) is 0.907. The summed E-state index contributed by atoms with van der Waals surface area (Å²) in [7, 11) is 1.70. The van der Waals surface area contributed by atoms with Gasteiger partial charge in [-0.05, 0) is 37.7 Å². The number of ether oxygens (including phenoxy) is 1. The maximum atomic E-state index is 12.7. The minimum atomic E-state index is 0.0910. The van der Waals surface area contributed by atoms with Gasteiger partial charge in [0, 0.05) is 20.2 Å². The second-order valence-corrected chi connectivity index (χ2v) is 4.76. The van der Waals surface area contributed by atoms with E-state index in [0.717, 1.165) is 37.3 Å². The maximum Gasteiger partial charge on any atom is 0.0876 e. The normalized spacial score (nSPS) is 29.0. The van der Waals surface area contributed by atoms with Crippen LogP contribution in [0.2, 0.25) is 0 Å². The molecule has 0 radical (unpaired) electrons. The summed E-state index contributed by atoms with van der Waals surface area (Å²) in [6.07, 6.45) is 4.43. The highest BCUT2D eigenvalue weighted by Gasteiger charge is 2.36. The van der Waals surface area contributed by atoms with Gasteiger partial charge in [-0.25, -0.2) is 4.39 Å². The Labute approximate surface area is 105 Å². The van der Waals surface area contributed by atoms with Crippen LogP contribution in [-0.4, -0.2) is 37.2 Å². The molecule has 0 N–H and O–H groups in total. The van der Waals surface area contributed by atoms with Crippen molar-refractivity contribution in [2.24, 2.45) is 5.92 Å². The van der Waals surface area contributed by atoms with Crippen molar-refractivity contribution in [3.8, 4) is 0 Å². The zero-order chi connectivity index (χ0) is 12.8. The van der Waals surface area contributed by atoms with Gasteiger partial charge in [0.1, 0.15) is 0 Å². The molecule has 2 fully saturated rings. The largest absolute Gasteiger partial charge is 0.380 e. The van der Waals surface area contributed by atoms with E-state index >= 15 is 0 Å². The molecular weight excluding hydrogens is 217 g/mol. The minimum absolute atomic E-state index is 0.0910. The molecule has 1 unspecified atom stereocenters. The third-order valence-electron chi connectivity index (χ3n) is 3.61. The minimum Gasteiger partial charge on any atom is -0.380 e. The Bertz CT molecular complexity index is 251. The fourth-order valence-electron chi connectivity index (χ4n) is 2.48. The highest BCUT2D eigenvalue weighted by atomic mass is 19.1. The Balaban J connectivity index is 0.000000686. The lowest BCUT2D eigenvalue weighted by molar-refractivity contribution is 0.0534. The Hall–Kier alpha value is -0.410. The monoisotopic (exact) mass is 243 g/mol. The number of rotatable bonds is 4. The first-order valence-corrected chi connectivity index (χ1v) is 6.82. The third kappa shape index (κ3) is 3.78. The summed E-state index contributed by atoms with van der Waals surface area (Å²) in [6, 6.07) is 0.167. The molecule has 17 heavy (non-hydrogen) atoms. The standard InChI is InChI=1S/C12H20FNO.C2H6/c1-9(15-2)12-11(7-13)5-6-14(12)8-10-3-4-10;1-2/h7,9-10,12H,3-6,8H2,1-2H3;1-2H3/b11-7-;/t9-,12?;/m0./s1. The van der Waals surface area contributed by atoms with Crippen LogP contribution in [0.3, 0.4) is 0 Å². The van der Waals surface area contributed by atoms with Gasteiger partial charge in [0.2, 0.25) is 0 Å². The zero-order valence-corrected chi connectivity index (χ0v) is 11.6. The first-order valence-electron chi connectivity index (χ1n) is 6.82. The van der Waals surface area contributed by atoms with Crippen molar-refractivity contribution in [1.29, 1.82) is 0 Å². The SMILES string of the molecule is CC.CO[C@@H](C)C1/C(=C\F)CCN1CC1CC1. The maximum absolute atomic E-state index is 12.7. The predicted octanol–water partition coefficient (Wildman–Crippen LogP) is 3.39. The molecule has 1 saturated carbocycles. The number of hydrogen-bond donors (Lipinski definition) is 0. The molecule has 2 nitrogen and oxygen atoms in total. The summed E-state index contributed by atoms with van der Waals surface area (Å²) in [4.78, 5) is 2.39. The van der Waals surface area contributed by atoms with Crippen molar-refractivity contribution in [2.45, 2.75) is 52.2 Å². The van der Waals surface area contributed by atoms with E-state index in [1.807, 2.05) is 20.8 Å². The van der Waals surface area contributed by atoms with Crippen LogP contribution in [0.25, 0.3) is 0 Å². The van der Waals surface area contributed by atoms with Gasteiger partial charge in [0.25, 0.3) is 0 Å². The van der Waals surface area contributed by atoms with Crippen molar-refractivity contribution in [2.75, 3.05) is 20.2 Å². The predicted molar refractivity (Wildman–Crippen MR) is 69.7 cm³/mol. The van der Waals surface area contributed by atoms with Gasteiger partial charge < -0.3 is 4.74 Å². The topological polar surface area (TPSA) is 12.5 Å². The Morgan fingerprint density at radius 3 is 2.59 bits per heavy atom. The van der Waals surface area contributed by atoms with Crippen LogP contribution in [-0.2, 0) is 4.74 Å². The smallest absolute Gasteiger partial charge is 0.0876 e. The van der Waals surface area contributed by atoms with E-state index in [0.29, 0.717) is 0 Å². The number of halogens is 1. The molecule has 0 aromatic carbocycles. The molecule has 100 valence electrons. The summed E-state index contributed by atoms with van der Waals surface area (Å²) < 4.78 is 18.1. The summed E-state index contributed by atoms with van der Waals surface area (Å²) in [6.45, 7) is 8.14. The second-order valence-electron chi connectivity index (χ2n) is 4.76. The molecular formula is C14H26FNO. The average molecular weight is 243 g/mol. The lowest BCUT2D eigenvalue weighted by atomic mass is 10.0. The summed E-state index contributed by atoms with van der Waals surface area (Å²) in [5.74, 6) is 0.857. The molecule has 0 aromatic heterocycles. The number of likely N-dealkylation sites (tertiary alicyclic amines) is 1. The van der Waals surface area contributed by atoms with E-state index < -0.39 is 0 Å². The lowest BCUT2D eigenvalue weighted by Gasteiger charge is -2.29. The van der Waals surface area contributed by atoms with E-state index in [1.54, 1.807) is 7.11 Å². The zero-order valence-electron chi connectivity index (χ0n) is 11.6. The van der Waals surface area contributed by atoms with E-state index in [1.165, 1.54) is 12.8 Å². The quantitative estimate of drug-likeness (QED) is 0.750. The van der Waals surface area contributed by atoms with Gasteiger partial charge in [-0.15, -0.1) is 0 Å². The van der Waals surface area contributed by atoms with E-state index in [2.05, 4.69) is 4.90 Å². The molecule has 2 atom stereocenters. The molecule has 1 saturated heterocycles. The van der Waals surface area contributed by atoms with Crippen molar-refractivity contribution in [1.82, 2.24) is 4.90 Å². The molecule has 1 heterocycles. The van der Waals surface area contributed by atoms with Crippen LogP contribution in [0.1, 0.15) is 40.0 Å². The van der Waals surface area contributed by atoms with Crippen LogP contribution >= 0.6 is 0 Å². The fraction of sp³-hybridized carbons (Fsp3) is 0.857. The number of nitrogens with zero attached hydrogens (tertiary/aromatic N) is 1. The van der Waals surface area contributed by atoms with Crippen molar-refractivity contribution < 1.29 is 9.13 Å². The van der Waals surface area contributed by atoms with Crippen molar-refractivity contribution in [3.63, 3.8) is 0 Å². The molecule has 0 amide bonds. The van der Waals surface area contributed by atoms with Crippen LogP contribution in [0.4, 0.5) is 4.39 Å². The number of hydrogen-bond acceptors (Lipinski definition) is 2. The Morgan fingerprint density at radius 2 is 2.12 bits per heavy atom. The van der Waals surface area contributed by atoms with Gasteiger partial charge in [-0.1, -0.05) is 13.8 Å². The van der Waals surface area contributed by atoms with Crippen LogP contribution in [0.5, 0.6) is 0 Å². The van der Waals surface area contributed by atoms with Crippen LogP contribution in [0, 0.1) is 5.92 Å². The van der Waals surface area contributed by atoms with E-state index in [-0.39, 0.29) is 12.1 Å². The van der Waals surface area contributed by atoms with E-state index in [4.69, 9.17) is 4.74 Å². The second kappa shape index (κ2) is 7.12. The average Bonchev–Trinajstić information content (AvgIpc) is 3.09. The Morgan fingerprint density at radius 1 is 1.47 bits per heavy atom. The van der Waals surface area contributed by atoms with Gasteiger partial charge in [-0.3, -0.25) is 4.90 Å². The Kier molecular flexibility index (Phi) is 6.14. The van der Waals surface area contributed by atoms with Gasteiger partial charge in [0.05, 0.1) is 18.5 Å². The van der Waals surface area contributed by atoms with Gasteiger partial charge in [0.15, 0.2) is 0 Å². The van der Waals surface area contributed by atoms with Gasteiger partial charge in [-0.2, -0.15) is 0 Å². The highest BCUT2D eigenvalue weighted by molar-refractivity contribution is 5.16. The first-order chi connectivity index (χ1) is 8.26. The highest BCUT2D eigenvalue weighted by Crippen LogP contribution is 2.35. The fourth-order valence-corrected chi connectivity index (χ4v) is 2.48. The van der Waals surface area contributed by atoms with Crippen molar-refractivity contribution in [3.05, 3.63) is 11.9 Å². The number of methoxy groups -OCH3 is 1. The molecule has 0 spiro atoms. The molecule has 1 aliphatic carbocycles. The molecule has 1 aliphatic heterocycles. The summed E-state index contributed by atoms with van der Waals surface area (Å²) in [5, 5.41) is 0.